The van der Waals surface area contributed by atoms with Gasteiger partial charge in [0.1, 0.15) is 72.9 Å². The molecule has 0 amide bonds. The summed E-state index contributed by atoms with van der Waals surface area (Å²) in [5.74, 6) is 3.92. The highest BCUT2D eigenvalue weighted by atomic mass is 16.8. The minimum Gasteiger partial charge on any atom is -0.394 e. The number of piperidine rings is 1. The van der Waals surface area contributed by atoms with Crippen LogP contribution in [0.1, 0.15) is 98.8 Å². The van der Waals surface area contributed by atoms with Crippen molar-refractivity contribution < 1.29 is 79.1 Å². The Hall–Kier alpha value is -0.680. The van der Waals surface area contributed by atoms with Gasteiger partial charge in [-0.2, -0.15) is 0 Å². The topological polar surface area (TPSA) is 259 Å². The molecule has 5 aliphatic heterocycles. The molecule has 5 saturated heterocycles. The maximum atomic E-state index is 11.6. The Morgan fingerprint density at radius 3 is 1.94 bits per heavy atom. The molecule has 0 aromatic carbocycles. The van der Waals surface area contributed by atoms with Gasteiger partial charge in [0.25, 0.3) is 0 Å². The van der Waals surface area contributed by atoms with Gasteiger partial charge in [-0.3, -0.25) is 5.32 Å². The molecular weight excluding hydrogens is 810 g/mol. The molecule has 4 saturated carbocycles. The molecule has 62 heavy (non-hydrogen) atoms. The Balaban J connectivity index is 0.921. The monoisotopic (exact) mass is 886 g/mol. The van der Waals surface area contributed by atoms with Crippen LogP contribution in [0.4, 0.5) is 0 Å². The molecule has 356 valence electrons. The molecule has 4 aliphatic carbocycles. The van der Waals surface area contributed by atoms with Gasteiger partial charge < -0.3 is 79.1 Å². The zero-order chi connectivity index (χ0) is 44.2. The van der Waals surface area contributed by atoms with E-state index in [2.05, 4.69) is 33.0 Å². The second-order valence-electron chi connectivity index (χ2n) is 21.7. The van der Waals surface area contributed by atoms with Crippen molar-refractivity contribution in [2.45, 2.75) is 209 Å². The standard InChI is InChI=1S/C45H75NO16/c1-19-8-13-45(46-16-19)20(2)30-27(62-45)15-26-24-7-6-22-14-23(9-11-43(22,4)25(24)10-12-44(26,30)5)57-42-39(61-40-36(54)34(52)31(49)21(3)56-40)38(33(51)29(18-48)59-42)60-41-37(55)35(53)32(50)28(17-47)58-41/h19-42,46-55H,6-18H2,1-5H3/t19-,20+,21-,22+,23+,24-,25+,26+,27+,28-,29-,30+,31-,32-,33-,34-,35+,36+,37-,38+,39-,40-,41+,42-,43+,44+,45+/m1/s1. The van der Waals surface area contributed by atoms with E-state index >= 15 is 0 Å². The number of aliphatic hydroxyl groups is 9. The minimum atomic E-state index is -1.83. The fraction of sp³-hybridized carbons (Fsp3) is 1.00. The number of hydrogen-bond acceptors (Lipinski definition) is 17. The van der Waals surface area contributed by atoms with E-state index in [1.165, 1.54) is 26.2 Å². The van der Waals surface area contributed by atoms with Crippen LogP contribution in [0.2, 0.25) is 0 Å². The SMILES string of the molecule is C[C@@H]1CC[C@]2(NC1)O[C@H]1C[C@H]3[C@@H]4CC[C@H]5C[C@@H](O[C@@H]6O[C@H](CO)[C@@H](O)[C@H](O[C@@H]7O[C@H](CO)[C@@H](O)[C@H](O)[C@H]7O)[C@H]6O[C@H]6O[C@H](C)[C@@H](O)[C@@H](O)[C@@H]6O)CC[C@]5(C)[C@H]4CC[C@]3(C)[C@H]1[C@@H]2C. The van der Waals surface area contributed by atoms with Crippen LogP contribution in [0.15, 0.2) is 0 Å². The number of hydrogen-bond donors (Lipinski definition) is 10. The van der Waals surface area contributed by atoms with Crippen LogP contribution >= 0.6 is 0 Å². The lowest BCUT2D eigenvalue weighted by Crippen LogP contribution is -2.67. The number of rotatable bonds is 8. The molecular formula is C45H75NO16. The normalized spacial score (nSPS) is 58.9. The fourth-order valence-electron chi connectivity index (χ4n) is 14.8. The van der Waals surface area contributed by atoms with Gasteiger partial charge in [-0.05, 0) is 117 Å². The number of nitrogens with one attached hydrogen (secondary N) is 1. The number of fused-ring (bicyclic) bond motifs is 7. The van der Waals surface area contributed by atoms with E-state index in [0.29, 0.717) is 54.0 Å². The molecule has 17 nitrogen and oxygen atoms in total. The van der Waals surface area contributed by atoms with Gasteiger partial charge in [0.05, 0.1) is 31.5 Å². The highest BCUT2D eigenvalue weighted by Gasteiger charge is 2.69. The molecule has 10 N–H and O–H groups in total. The van der Waals surface area contributed by atoms with E-state index in [1.54, 1.807) is 0 Å². The average Bonchev–Trinajstić information content (AvgIpc) is 3.70. The second kappa shape index (κ2) is 17.4. The molecule has 1 spiro atoms. The Kier molecular flexibility index (Phi) is 13.1. The van der Waals surface area contributed by atoms with Crippen LogP contribution in [0.3, 0.4) is 0 Å². The number of ether oxygens (including phenoxy) is 7. The molecule has 9 aliphatic rings. The highest BCUT2D eigenvalue weighted by Crippen LogP contribution is 2.71. The molecule has 0 bridgehead atoms. The van der Waals surface area contributed by atoms with Crippen LogP contribution < -0.4 is 5.32 Å². The van der Waals surface area contributed by atoms with Gasteiger partial charge in [-0.25, -0.2) is 0 Å². The van der Waals surface area contributed by atoms with Crippen molar-refractivity contribution in [3.05, 3.63) is 0 Å². The predicted octanol–water partition coefficient (Wildman–Crippen LogP) is -0.133. The van der Waals surface area contributed by atoms with E-state index in [0.717, 1.165) is 45.1 Å². The quantitative estimate of drug-likeness (QED) is 0.142. The van der Waals surface area contributed by atoms with Crippen molar-refractivity contribution in [2.75, 3.05) is 19.8 Å². The highest BCUT2D eigenvalue weighted by molar-refractivity contribution is 5.16. The van der Waals surface area contributed by atoms with Gasteiger partial charge in [0.2, 0.25) is 0 Å². The summed E-state index contributed by atoms with van der Waals surface area (Å²) >= 11 is 0. The summed E-state index contributed by atoms with van der Waals surface area (Å²) < 4.78 is 44.0. The Labute approximate surface area is 364 Å². The van der Waals surface area contributed by atoms with E-state index in [-0.39, 0.29) is 22.7 Å². The molecule has 9 fully saturated rings. The van der Waals surface area contributed by atoms with Crippen molar-refractivity contribution >= 4 is 0 Å². The summed E-state index contributed by atoms with van der Waals surface area (Å²) in [4.78, 5) is 0. The van der Waals surface area contributed by atoms with Gasteiger partial charge in [-0.15, -0.1) is 0 Å². The summed E-state index contributed by atoms with van der Waals surface area (Å²) in [6.07, 6.45) is -12.5. The minimum absolute atomic E-state index is 0.103. The van der Waals surface area contributed by atoms with Crippen molar-refractivity contribution in [1.29, 1.82) is 0 Å². The summed E-state index contributed by atoms with van der Waals surface area (Å²) in [6, 6.07) is 0. The van der Waals surface area contributed by atoms with Crippen LogP contribution in [0, 0.1) is 52.3 Å². The van der Waals surface area contributed by atoms with E-state index < -0.39 is 105 Å². The summed E-state index contributed by atoms with van der Waals surface area (Å²) in [5.41, 5.74) is 0.166. The Morgan fingerprint density at radius 2 is 1.24 bits per heavy atom. The molecule has 27 atom stereocenters. The maximum Gasteiger partial charge on any atom is 0.187 e. The smallest absolute Gasteiger partial charge is 0.187 e. The summed E-state index contributed by atoms with van der Waals surface area (Å²) in [5, 5.41) is 99.7. The largest absolute Gasteiger partial charge is 0.394 e. The van der Waals surface area contributed by atoms with Crippen molar-refractivity contribution in [1.82, 2.24) is 5.32 Å². The molecule has 5 heterocycles. The molecule has 0 aromatic rings. The predicted molar refractivity (Wildman–Crippen MR) is 216 cm³/mol. The summed E-state index contributed by atoms with van der Waals surface area (Å²) in [7, 11) is 0. The molecule has 9 rings (SSSR count). The second-order valence-corrected chi connectivity index (χ2v) is 21.7. The number of aliphatic hydroxyl groups excluding tert-OH is 9. The third-order valence-electron chi connectivity index (χ3n) is 18.5. The first-order chi connectivity index (χ1) is 29.4. The van der Waals surface area contributed by atoms with E-state index in [4.69, 9.17) is 33.2 Å². The lowest BCUT2D eigenvalue weighted by molar-refractivity contribution is -0.395. The van der Waals surface area contributed by atoms with E-state index in [1.807, 2.05) is 0 Å². The Bertz CT molecular complexity index is 1550. The first-order valence-electron chi connectivity index (χ1n) is 23.8. The molecule has 17 heteroatoms. The third-order valence-corrected chi connectivity index (χ3v) is 18.5. The molecule has 0 aromatic heterocycles. The summed E-state index contributed by atoms with van der Waals surface area (Å²) in [6.45, 7) is 11.0. The van der Waals surface area contributed by atoms with Crippen LogP contribution in [0.25, 0.3) is 0 Å². The van der Waals surface area contributed by atoms with Gasteiger partial charge in [-0.1, -0.05) is 27.7 Å². The average molecular weight is 886 g/mol. The third kappa shape index (κ3) is 7.56. The van der Waals surface area contributed by atoms with Gasteiger partial charge in [0.15, 0.2) is 18.9 Å². The lowest BCUT2D eigenvalue weighted by atomic mass is 9.44. The van der Waals surface area contributed by atoms with Crippen molar-refractivity contribution in [3.8, 4) is 0 Å². The Morgan fingerprint density at radius 1 is 0.597 bits per heavy atom. The van der Waals surface area contributed by atoms with Crippen molar-refractivity contribution in [3.63, 3.8) is 0 Å². The van der Waals surface area contributed by atoms with E-state index in [9.17, 15) is 46.0 Å². The molecule has 0 unspecified atom stereocenters. The lowest BCUT2D eigenvalue weighted by Gasteiger charge is -2.61. The zero-order valence-electron chi connectivity index (χ0n) is 36.9. The van der Waals surface area contributed by atoms with Gasteiger partial charge in [0, 0.05) is 12.5 Å². The first kappa shape index (κ1) is 46.4. The maximum absolute atomic E-state index is 11.6. The van der Waals surface area contributed by atoms with Crippen LogP contribution in [0.5, 0.6) is 0 Å². The molecule has 0 radical (unpaired) electrons. The van der Waals surface area contributed by atoms with Crippen molar-refractivity contribution in [2.24, 2.45) is 52.3 Å². The first-order valence-corrected chi connectivity index (χ1v) is 23.8. The fourth-order valence-corrected chi connectivity index (χ4v) is 14.8. The zero-order valence-corrected chi connectivity index (χ0v) is 36.9. The van der Waals surface area contributed by atoms with Gasteiger partial charge >= 0.3 is 0 Å². The van der Waals surface area contributed by atoms with Crippen LogP contribution in [-0.4, -0.2) is 176 Å². The van der Waals surface area contributed by atoms with Crippen LogP contribution in [-0.2, 0) is 33.2 Å².